The van der Waals surface area contributed by atoms with Gasteiger partial charge in [-0.05, 0) is 45.4 Å². The van der Waals surface area contributed by atoms with E-state index >= 15 is 0 Å². The SMILES string of the molecule is CCCN1CCN(C(C)C(=O)c2cc(C)ccc2C)CC1. The van der Waals surface area contributed by atoms with Gasteiger partial charge in [-0.2, -0.15) is 0 Å². The lowest BCUT2D eigenvalue weighted by atomic mass is 9.97. The molecule has 1 unspecified atom stereocenters. The third-order valence-electron chi connectivity index (χ3n) is 4.53. The summed E-state index contributed by atoms with van der Waals surface area (Å²) in [6, 6.07) is 6.13. The molecule has 1 saturated heterocycles. The maximum absolute atomic E-state index is 12.8. The number of ketones is 1. The molecule has 0 N–H and O–H groups in total. The van der Waals surface area contributed by atoms with Crippen LogP contribution in [0.5, 0.6) is 0 Å². The lowest BCUT2D eigenvalue weighted by Gasteiger charge is -2.37. The minimum atomic E-state index is -0.0192. The molecule has 1 aliphatic heterocycles. The van der Waals surface area contributed by atoms with E-state index < -0.39 is 0 Å². The minimum absolute atomic E-state index is 0.0192. The summed E-state index contributed by atoms with van der Waals surface area (Å²) < 4.78 is 0. The molecule has 0 saturated carbocycles. The first-order chi connectivity index (χ1) is 10.0. The molecule has 21 heavy (non-hydrogen) atoms. The van der Waals surface area contributed by atoms with Crippen LogP contribution < -0.4 is 0 Å². The van der Waals surface area contributed by atoms with Gasteiger partial charge in [0.1, 0.15) is 0 Å². The molecular formula is C18H28N2O. The number of rotatable bonds is 5. The van der Waals surface area contributed by atoms with Crippen LogP contribution in [-0.2, 0) is 0 Å². The van der Waals surface area contributed by atoms with Gasteiger partial charge >= 0.3 is 0 Å². The average molecular weight is 288 g/mol. The van der Waals surface area contributed by atoms with Crippen LogP contribution in [0, 0.1) is 13.8 Å². The smallest absolute Gasteiger partial charge is 0.179 e. The number of piperazine rings is 1. The Morgan fingerprint density at radius 1 is 1.19 bits per heavy atom. The number of nitrogens with zero attached hydrogens (tertiary/aromatic N) is 2. The third-order valence-corrected chi connectivity index (χ3v) is 4.53. The number of benzene rings is 1. The zero-order valence-corrected chi connectivity index (χ0v) is 13.9. The summed E-state index contributed by atoms with van der Waals surface area (Å²) in [6.45, 7) is 13.7. The molecule has 0 bridgehead atoms. The molecular weight excluding hydrogens is 260 g/mol. The third kappa shape index (κ3) is 3.92. The van der Waals surface area contributed by atoms with Crippen LogP contribution in [0.15, 0.2) is 18.2 Å². The molecule has 116 valence electrons. The van der Waals surface area contributed by atoms with Crippen molar-refractivity contribution in [2.45, 2.75) is 40.2 Å². The van der Waals surface area contributed by atoms with E-state index in [-0.39, 0.29) is 11.8 Å². The van der Waals surface area contributed by atoms with E-state index in [1.54, 1.807) is 0 Å². The Balaban J connectivity index is 2.01. The Morgan fingerprint density at radius 3 is 2.48 bits per heavy atom. The van der Waals surface area contributed by atoms with Crippen LogP contribution in [0.1, 0.15) is 41.8 Å². The Hall–Kier alpha value is -1.19. The largest absolute Gasteiger partial charge is 0.301 e. The topological polar surface area (TPSA) is 23.6 Å². The van der Waals surface area contributed by atoms with Gasteiger partial charge in [-0.1, -0.05) is 24.6 Å². The standard InChI is InChI=1S/C18H28N2O/c1-5-8-19-9-11-20(12-10-19)16(4)18(21)17-13-14(2)6-7-15(17)3/h6-7,13,16H,5,8-12H2,1-4H3. The first-order valence-electron chi connectivity index (χ1n) is 8.10. The molecule has 0 aliphatic carbocycles. The zero-order valence-electron chi connectivity index (χ0n) is 13.9. The fraction of sp³-hybridized carbons (Fsp3) is 0.611. The van der Waals surface area contributed by atoms with Crippen molar-refractivity contribution >= 4 is 5.78 Å². The number of hydrogen-bond donors (Lipinski definition) is 0. The van der Waals surface area contributed by atoms with Crippen molar-refractivity contribution in [1.29, 1.82) is 0 Å². The highest BCUT2D eigenvalue weighted by Crippen LogP contribution is 2.17. The highest BCUT2D eigenvalue weighted by atomic mass is 16.1. The highest BCUT2D eigenvalue weighted by molar-refractivity contribution is 6.01. The molecule has 2 rings (SSSR count). The molecule has 1 heterocycles. The number of hydrogen-bond acceptors (Lipinski definition) is 3. The molecule has 1 atom stereocenters. The van der Waals surface area contributed by atoms with Crippen LogP contribution in [0.2, 0.25) is 0 Å². The van der Waals surface area contributed by atoms with Crippen molar-refractivity contribution in [3.63, 3.8) is 0 Å². The molecule has 0 radical (unpaired) electrons. The van der Waals surface area contributed by atoms with Crippen LogP contribution in [-0.4, -0.2) is 54.3 Å². The minimum Gasteiger partial charge on any atom is -0.301 e. The van der Waals surface area contributed by atoms with Crippen LogP contribution in [0.25, 0.3) is 0 Å². The molecule has 1 aromatic rings. The van der Waals surface area contributed by atoms with E-state index in [1.807, 2.05) is 19.9 Å². The number of aryl methyl sites for hydroxylation is 2. The quantitative estimate of drug-likeness (QED) is 0.778. The lowest BCUT2D eigenvalue weighted by Crippen LogP contribution is -2.51. The monoisotopic (exact) mass is 288 g/mol. The maximum atomic E-state index is 12.8. The Morgan fingerprint density at radius 2 is 1.86 bits per heavy atom. The highest BCUT2D eigenvalue weighted by Gasteiger charge is 2.26. The van der Waals surface area contributed by atoms with Crippen molar-refractivity contribution in [2.75, 3.05) is 32.7 Å². The Labute approximate surface area is 128 Å². The summed E-state index contributed by atoms with van der Waals surface area (Å²) in [7, 11) is 0. The second kappa shape index (κ2) is 7.19. The Bertz CT molecular complexity index is 490. The van der Waals surface area contributed by atoms with Crippen molar-refractivity contribution in [3.05, 3.63) is 34.9 Å². The zero-order chi connectivity index (χ0) is 15.4. The molecule has 0 amide bonds. The van der Waals surface area contributed by atoms with E-state index in [0.717, 1.165) is 42.9 Å². The molecule has 3 nitrogen and oxygen atoms in total. The Kier molecular flexibility index (Phi) is 5.54. The first-order valence-corrected chi connectivity index (χ1v) is 8.10. The van der Waals surface area contributed by atoms with Gasteiger partial charge in [0, 0.05) is 31.7 Å². The number of carbonyl (C=O) groups excluding carboxylic acids is 1. The summed E-state index contributed by atoms with van der Waals surface area (Å²) in [5, 5.41) is 0. The van der Waals surface area contributed by atoms with Crippen molar-refractivity contribution < 1.29 is 4.79 Å². The van der Waals surface area contributed by atoms with Gasteiger partial charge in [0.05, 0.1) is 6.04 Å². The van der Waals surface area contributed by atoms with Crippen LogP contribution in [0.3, 0.4) is 0 Å². The summed E-state index contributed by atoms with van der Waals surface area (Å²) in [4.78, 5) is 17.6. The van der Waals surface area contributed by atoms with Gasteiger partial charge in [0.25, 0.3) is 0 Å². The van der Waals surface area contributed by atoms with Gasteiger partial charge in [0.2, 0.25) is 0 Å². The van der Waals surface area contributed by atoms with E-state index in [4.69, 9.17) is 0 Å². The second-order valence-corrected chi connectivity index (χ2v) is 6.24. The molecule has 0 spiro atoms. The number of carbonyl (C=O) groups is 1. The van der Waals surface area contributed by atoms with E-state index in [1.165, 1.54) is 13.0 Å². The van der Waals surface area contributed by atoms with Gasteiger partial charge in [-0.15, -0.1) is 0 Å². The van der Waals surface area contributed by atoms with Crippen LogP contribution >= 0.6 is 0 Å². The molecule has 1 aliphatic rings. The van der Waals surface area contributed by atoms with Gasteiger partial charge in [-0.3, -0.25) is 9.69 Å². The van der Waals surface area contributed by atoms with Crippen molar-refractivity contribution in [1.82, 2.24) is 9.80 Å². The maximum Gasteiger partial charge on any atom is 0.179 e. The van der Waals surface area contributed by atoms with E-state index in [2.05, 4.69) is 35.8 Å². The number of Topliss-reactive ketones (excluding diaryl/α,β-unsaturated/α-hetero) is 1. The van der Waals surface area contributed by atoms with E-state index in [9.17, 15) is 4.79 Å². The first kappa shape index (κ1) is 16.2. The van der Waals surface area contributed by atoms with Gasteiger partial charge in [-0.25, -0.2) is 0 Å². The average Bonchev–Trinajstić information content (AvgIpc) is 2.49. The fourth-order valence-corrected chi connectivity index (χ4v) is 3.08. The van der Waals surface area contributed by atoms with Crippen molar-refractivity contribution in [2.24, 2.45) is 0 Å². The normalized spacial score (nSPS) is 18.7. The van der Waals surface area contributed by atoms with Crippen LogP contribution in [0.4, 0.5) is 0 Å². The van der Waals surface area contributed by atoms with Gasteiger partial charge in [0.15, 0.2) is 5.78 Å². The molecule has 3 heteroatoms. The van der Waals surface area contributed by atoms with E-state index in [0.29, 0.717) is 0 Å². The van der Waals surface area contributed by atoms with Gasteiger partial charge < -0.3 is 4.90 Å². The second-order valence-electron chi connectivity index (χ2n) is 6.24. The van der Waals surface area contributed by atoms with Crippen molar-refractivity contribution in [3.8, 4) is 0 Å². The summed E-state index contributed by atoms with van der Waals surface area (Å²) in [6.07, 6.45) is 1.21. The molecule has 1 fully saturated rings. The fourth-order valence-electron chi connectivity index (χ4n) is 3.08. The predicted octanol–water partition coefficient (Wildman–Crippen LogP) is 2.90. The molecule has 0 aromatic heterocycles. The lowest BCUT2D eigenvalue weighted by molar-refractivity contribution is 0.0700. The summed E-state index contributed by atoms with van der Waals surface area (Å²) in [5.74, 6) is 0.264. The summed E-state index contributed by atoms with van der Waals surface area (Å²) in [5.41, 5.74) is 3.13. The summed E-state index contributed by atoms with van der Waals surface area (Å²) >= 11 is 0. The predicted molar refractivity (Wildman–Crippen MR) is 88.0 cm³/mol. The molecule has 1 aromatic carbocycles.